The number of hydrogen-bond donors (Lipinski definition) is 0. The molecule has 0 bridgehead atoms. The second-order valence-corrected chi connectivity index (χ2v) is 5.38. The Morgan fingerprint density at radius 3 is 2.18 bits per heavy atom. The Labute approximate surface area is 130 Å². The quantitative estimate of drug-likeness (QED) is 0.797. The Morgan fingerprint density at radius 1 is 0.955 bits per heavy atom. The lowest BCUT2D eigenvalue weighted by molar-refractivity contribution is 0.0555. The summed E-state index contributed by atoms with van der Waals surface area (Å²) in [6.07, 6.45) is 4.05. The summed E-state index contributed by atoms with van der Waals surface area (Å²) < 4.78 is 9.50. The van der Waals surface area contributed by atoms with E-state index < -0.39 is 11.9 Å². The van der Waals surface area contributed by atoms with Gasteiger partial charge in [-0.2, -0.15) is 0 Å². The first-order valence-corrected chi connectivity index (χ1v) is 7.16. The lowest BCUT2D eigenvalue weighted by Gasteiger charge is -2.17. The molecule has 0 saturated heterocycles. The van der Waals surface area contributed by atoms with Gasteiger partial charge in [0.15, 0.2) is 0 Å². The fraction of sp³-hybridized carbons (Fsp3) is 0.333. The Bertz CT molecular complexity index is 680. The van der Waals surface area contributed by atoms with Crippen LogP contribution in [-0.4, -0.2) is 26.2 Å². The Kier molecular flexibility index (Phi) is 4.81. The summed E-state index contributed by atoms with van der Waals surface area (Å²) in [6, 6.07) is 5.17. The SMILES string of the molecule is COC(=O)c1ccc(C2=CC(C)=C(C)CC2)cc1C(=O)OC. The molecule has 0 radical (unpaired) electrons. The highest BCUT2D eigenvalue weighted by Gasteiger charge is 2.20. The van der Waals surface area contributed by atoms with Crippen molar-refractivity contribution in [1.82, 2.24) is 0 Å². The summed E-state index contributed by atoms with van der Waals surface area (Å²) in [5.41, 5.74) is 5.17. The monoisotopic (exact) mass is 300 g/mol. The highest BCUT2D eigenvalue weighted by molar-refractivity contribution is 6.03. The van der Waals surface area contributed by atoms with Crippen molar-refractivity contribution >= 4 is 17.5 Å². The van der Waals surface area contributed by atoms with Crippen molar-refractivity contribution in [2.45, 2.75) is 26.7 Å². The number of rotatable bonds is 3. The lowest BCUT2D eigenvalue weighted by Crippen LogP contribution is -2.12. The summed E-state index contributed by atoms with van der Waals surface area (Å²) >= 11 is 0. The summed E-state index contributed by atoms with van der Waals surface area (Å²) in [7, 11) is 2.59. The van der Waals surface area contributed by atoms with E-state index in [0.717, 1.165) is 24.0 Å². The van der Waals surface area contributed by atoms with E-state index in [2.05, 4.69) is 19.9 Å². The zero-order valence-corrected chi connectivity index (χ0v) is 13.4. The van der Waals surface area contributed by atoms with Crippen LogP contribution in [0.3, 0.4) is 0 Å². The van der Waals surface area contributed by atoms with Crippen LogP contribution >= 0.6 is 0 Å². The third kappa shape index (κ3) is 3.11. The molecular weight excluding hydrogens is 280 g/mol. The number of esters is 2. The molecule has 0 amide bonds. The van der Waals surface area contributed by atoms with E-state index in [9.17, 15) is 9.59 Å². The van der Waals surface area contributed by atoms with Crippen LogP contribution < -0.4 is 0 Å². The van der Waals surface area contributed by atoms with Gasteiger partial charge in [-0.3, -0.25) is 0 Å². The van der Waals surface area contributed by atoms with Crippen molar-refractivity contribution in [3.05, 3.63) is 52.1 Å². The summed E-state index contributed by atoms with van der Waals surface area (Å²) in [4.78, 5) is 23.7. The van der Waals surface area contributed by atoms with Crippen molar-refractivity contribution in [1.29, 1.82) is 0 Å². The van der Waals surface area contributed by atoms with E-state index in [-0.39, 0.29) is 11.1 Å². The molecule has 4 nitrogen and oxygen atoms in total. The van der Waals surface area contributed by atoms with Crippen LogP contribution in [0.25, 0.3) is 5.57 Å². The van der Waals surface area contributed by atoms with Gasteiger partial charge in [-0.05, 0) is 50.0 Å². The van der Waals surface area contributed by atoms with E-state index in [1.54, 1.807) is 12.1 Å². The zero-order chi connectivity index (χ0) is 16.3. The standard InChI is InChI=1S/C18H20O4/c1-11-5-6-13(9-12(11)2)14-7-8-15(17(19)21-3)16(10-14)18(20)22-4/h7-10H,5-6H2,1-4H3. The predicted molar refractivity (Wildman–Crippen MR) is 84.7 cm³/mol. The molecule has 0 aromatic heterocycles. The number of carbonyl (C=O) groups is 2. The lowest BCUT2D eigenvalue weighted by atomic mass is 9.88. The van der Waals surface area contributed by atoms with Crippen LogP contribution in [0.15, 0.2) is 35.4 Å². The van der Waals surface area contributed by atoms with Gasteiger partial charge in [0.05, 0.1) is 25.3 Å². The number of allylic oxidation sites excluding steroid dienone is 4. The Morgan fingerprint density at radius 2 is 1.59 bits per heavy atom. The molecule has 0 N–H and O–H groups in total. The van der Waals surface area contributed by atoms with Gasteiger partial charge >= 0.3 is 11.9 Å². The van der Waals surface area contributed by atoms with E-state index in [1.807, 2.05) is 6.07 Å². The molecule has 0 heterocycles. The predicted octanol–water partition coefficient (Wildman–Crippen LogP) is 3.77. The van der Waals surface area contributed by atoms with Crippen LogP contribution in [0.4, 0.5) is 0 Å². The second-order valence-electron chi connectivity index (χ2n) is 5.38. The number of ether oxygens (including phenoxy) is 2. The third-order valence-electron chi connectivity index (χ3n) is 4.03. The Hall–Kier alpha value is -2.36. The van der Waals surface area contributed by atoms with Crippen molar-refractivity contribution in [2.24, 2.45) is 0 Å². The molecule has 0 saturated carbocycles. The van der Waals surface area contributed by atoms with E-state index in [4.69, 9.17) is 9.47 Å². The molecule has 1 aromatic carbocycles. The van der Waals surface area contributed by atoms with Crippen LogP contribution in [0, 0.1) is 0 Å². The molecule has 22 heavy (non-hydrogen) atoms. The van der Waals surface area contributed by atoms with Gasteiger partial charge in [-0.15, -0.1) is 0 Å². The van der Waals surface area contributed by atoms with Gasteiger partial charge in [0.1, 0.15) is 0 Å². The fourth-order valence-corrected chi connectivity index (χ4v) is 2.51. The number of benzene rings is 1. The molecule has 4 heteroatoms. The molecule has 0 unspecified atom stereocenters. The molecule has 0 atom stereocenters. The molecule has 1 aromatic rings. The molecule has 0 aliphatic heterocycles. The van der Waals surface area contributed by atoms with Crippen LogP contribution in [0.1, 0.15) is 53.0 Å². The van der Waals surface area contributed by atoms with Gasteiger partial charge in [0, 0.05) is 0 Å². The second kappa shape index (κ2) is 6.60. The fourth-order valence-electron chi connectivity index (χ4n) is 2.51. The third-order valence-corrected chi connectivity index (χ3v) is 4.03. The molecule has 1 aliphatic carbocycles. The molecular formula is C18H20O4. The van der Waals surface area contributed by atoms with Crippen molar-refractivity contribution < 1.29 is 19.1 Å². The maximum atomic E-state index is 11.9. The minimum absolute atomic E-state index is 0.220. The van der Waals surface area contributed by atoms with Crippen LogP contribution in [0.2, 0.25) is 0 Å². The van der Waals surface area contributed by atoms with Crippen molar-refractivity contribution in [3.8, 4) is 0 Å². The van der Waals surface area contributed by atoms with Gasteiger partial charge in [0.2, 0.25) is 0 Å². The highest BCUT2D eigenvalue weighted by Crippen LogP contribution is 2.31. The molecule has 2 rings (SSSR count). The average Bonchev–Trinajstić information content (AvgIpc) is 2.55. The average molecular weight is 300 g/mol. The minimum Gasteiger partial charge on any atom is -0.465 e. The Balaban J connectivity index is 2.50. The van der Waals surface area contributed by atoms with E-state index >= 15 is 0 Å². The number of carbonyl (C=O) groups excluding carboxylic acids is 2. The molecule has 0 fully saturated rings. The van der Waals surface area contributed by atoms with Crippen molar-refractivity contribution in [3.63, 3.8) is 0 Å². The van der Waals surface area contributed by atoms with Gasteiger partial charge < -0.3 is 9.47 Å². The molecule has 0 spiro atoms. The summed E-state index contributed by atoms with van der Waals surface area (Å²) in [5, 5.41) is 0. The first kappa shape index (κ1) is 16.0. The molecule has 1 aliphatic rings. The maximum absolute atomic E-state index is 11.9. The largest absolute Gasteiger partial charge is 0.465 e. The zero-order valence-electron chi connectivity index (χ0n) is 13.4. The van der Waals surface area contributed by atoms with E-state index in [1.165, 1.54) is 25.4 Å². The first-order valence-electron chi connectivity index (χ1n) is 7.16. The van der Waals surface area contributed by atoms with Gasteiger partial charge in [0.25, 0.3) is 0 Å². The normalized spacial score (nSPS) is 14.5. The van der Waals surface area contributed by atoms with Gasteiger partial charge in [-0.25, -0.2) is 9.59 Å². The number of hydrogen-bond acceptors (Lipinski definition) is 4. The van der Waals surface area contributed by atoms with E-state index in [0.29, 0.717) is 0 Å². The highest BCUT2D eigenvalue weighted by atomic mass is 16.5. The summed E-state index contributed by atoms with van der Waals surface area (Å²) in [5.74, 6) is -1.08. The minimum atomic E-state index is -0.545. The van der Waals surface area contributed by atoms with Crippen LogP contribution in [-0.2, 0) is 9.47 Å². The number of methoxy groups -OCH3 is 2. The first-order chi connectivity index (χ1) is 10.5. The summed E-state index contributed by atoms with van der Waals surface area (Å²) in [6.45, 7) is 4.21. The van der Waals surface area contributed by atoms with Gasteiger partial charge in [-0.1, -0.05) is 23.3 Å². The topological polar surface area (TPSA) is 52.6 Å². The van der Waals surface area contributed by atoms with Crippen LogP contribution in [0.5, 0.6) is 0 Å². The van der Waals surface area contributed by atoms with Crippen molar-refractivity contribution in [2.75, 3.05) is 14.2 Å². The smallest absolute Gasteiger partial charge is 0.338 e. The maximum Gasteiger partial charge on any atom is 0.338 e. The molecule has 116 valence electrons.